The molecule has 3 nitrogen and oxygen atoms in total. The van der Waals surface area contributed by atoms with Gasteiger partial charge in [-0.3, -0.25) is 4.79 Å². The van der Waals surface area contributed by atoms with Gasteiger partial charge in [-0.05, 0) is 47.4 Å². The topological polar surface area (TPSA) is 38.3 Å². The van der Waals surface area contributed by atoms with Crippen LogP contribution in [0.3, 0.4) is 0 Å². The Morgan fingerprint density at radius 2 is 1.80 bits per heavy atom. The predicted octanol–water partition coefficient (Wildman–Crippen LogP) is 4.62. The summed E-state index contributed by atoms with van der Waals surface area (Å²) in [6.45, 7) is 4.46. The van der Waals surface area contributed by atoms with E-state index in [1.165, 1.54) is 5.39 Å². The summed E-state index contributed by atoms with van der Waals surface area (Å²) in [6, 6.07) is 22.1. The van der Waals surface area contributed by atoms with E-state index in [2.05, 4.69) is 23.5 Å². The Balaban J connectivity index is 1.68. The fourth-order valence-electron chi connectivity index (χ4n) is 2.92. The highest BCUT2D eigenvalue weighted by molar-refractivity contribution is 5.86. The van der Waals surface area contributed by atoms with E-state index < -0.39 is 6.10 Å². The second-order valence-corrected chi connectivity index (χ2v) is 6.19. The standard InChI is InChI=1S/C22H23NO2/c1-3-21(25-19-12-6-8-16(2)14-19)22(24)23-15-18-11-7-10-17-9-4-5-13-20(17)18/h4-14,21H,3,15H2,1-2H3,(H,23,24). The van der Waals surface area contributed by atoms with Crippen LogP contribution in [-0.2, 0) is 11.3 Å². The minimum Gasteiger partial charge on any atom is -0.481 e. The number of benzene rings is 3. The van der Waals surface area contributed by atoms with Crippen LogP contribution in [0.4, 0.5) is 0 Å². The largest absolute Gasteiger partial charge is 0.481 e. The van der Waals surface area contributed by atoms with E-state index in [1.807, 2.05) is 62.4 Å². The van der Waals surface area contributed by atoms with Gasteiger partial charge in [0.25, 0.3) is 5.91 Å². The van der Waals surface area contributed by atoms with Gasteiger partial charge in [0.15, 0.2) is 6.10 Å². The first kappa shape index (κ1) is 17.0. The van der Waals surface area contributed by atoms with Crippen molar-refractivity contribution in [2.24, 2.45) is 0 Å². The quantitative estimate of drug-likeness (QED) is 0.715. The molecule has 0 saturated heterocycles. The first-order valence-corrected chi connectivity index (χ1v) is 8.65. The molecule has 3 aromatic carbocycles. The Morgan fingerprint density at radius 1 is 1.04 bits per heavy atom. The number of ether oxygens (including phenoxy) is 1. The van der Waals surface area contributed by atoms with Crippen molar-refractivity contribution in [2.75, 3.05) is 0 Å². The number of hydrogen-bond donors (Lipinski definition) is 1. The molecule has 0 saturated carbocycles. The van der Waals surface area contributed by atoms with Crippen LogP contribution in [0.15, 0.2) is 66.7 Å². The van der Waals surface area contributed by atoms with Crippen molar-refractivity contribution in [2.45, 2.75) is 32.9 Å². The highest BCUT2D eigenvalue weighted by Crippen LogP contribution is 2.19. The van der Waals surface area contributed by atoms with E-state index in [4.69, 9.17) is 4.74 Å². The van der Waals surface area contributed by atoms with Crippen LogP contribution in [0.2, 0.25) is 0 Å². The van der Waals surface area contributed by atoms with Crippen LogP contribution < -0.4 is 10.1 Å². The summed E-state index contributed by atoms with van der Waals surface area (Å²) in [4.78, 5) is 12.5. The molecule has 3 rings (SSSR count). The van der Waals surface area contributed by atoms with E-state index in [-0.39, 0.29) is 5.91 Å². The molecule has 0 aliphatic carbocycles. The molecule has 1 amide bonds. The lowest BCUT2D eigenvalue weighted by atomic mass is 10.0. The van der Waals surface area contributed by atoms with Gasteiger partial charge in [0.1, 0.15) is 5.75 Å². The lowest BCUT2D eigenvalue weighted by Crippen LogP contribution is -2.37. The Morgan fingerprint density at radius 3 is 2.60 bits per heavy atom. The van der Waals surface area contributed by atoms with Gasteiger partial charge in [-0.15, -0.1) is 0 Å². The summed E-state index contributed by atoms with van der Waals surface area (Å²) >= 11 is 0. The molecule has 0 aliphatic rings. The molecule has 0 aliphatic heterocycles. The van der Waals surface area contributed by atoms with Crippen molar-refractivity contribution in [1.29, 1.82) is 0 Å². The molecule has 25 heavy (non-hydrogen) atoms. The van der Waals surface area contributed by atoms with Crippen molar-refractivity contribution < 1.29 is 9.53 Å². The Kier molecular flexibility index (Phi) is 5.34. The molecule has 0 spiro atoms. The summed E-state index contributed by atoms with van der Waals surface area (Å²) in [5.74, 6) is 0.643. The van der Waals surface area contributed by atoms with Gasteiger partial charge in [-0.1, -0.05) is 61.5 Å². The third kappa shape index (κ3) is 4.18. The first-order chi connectivity index (χ1) is 12.2. The average molecular weight is 333 g/mol. The molecule has 0 aromatic heterocycles. The van der Waals surface area contributed by atoms with Crippen LogP contribution >= 0.6 is 0 Å². The van der Waals surface area contributed by atoms with E-state index >= 15 is 0 Å². The maximum atomic E-state index is 12.5. The van der Waals surface area contributed by atoms with Gasteiger partial charge in [-0.2, -0.15) is 0 Å². The van der Waals surface area contributed by atoms with Crippen LogP contribution in [0.1, 0.15) is 24.5 Å². The molecule has 1 N–H and O–H groups in total. The van der Waals surface area contributed by atoms with Crippen molar-refractivity contribution in [3.05, 3.63) is 77.9 Å². The molecule has 1 atom stereocenters. The van der Waals surface area contributed by atoms with Gasteiger partial charge in [0, 0.05) is 6.54 Å². The van der Waals surface area contributed by atoms with Crippen molar-refractivity contribution in [1.82, 2.24) is 5.32 Å². The maximum absolute atomic E-state index is 12.5. The van der Waals surface area contributed by atoms with Crippen molar-refractivity contribution >= 4 is 16.7 Å². The van der Waals surface area contributed by atoms with Gasteiger partial charge in [0.2, 0.25) is 0 Å². The van der Waals surface area contributed by atoms with Crippen LogP contribution in [0.5, 0.6) is 5.75 Å². The Hall–Kier alpha value is -2.81. The zero-order chi connectivity index (χ0) is 17.6. The van der Waals surface area contributed by atoms with Crippen LogP contribution in [0, 0.1) is 6.92 Å². The number of nitrogens with one attached hydrogen (secondary N) is 1. The highest BCUT2D eigenvalue weighted by atomic mass is 16.5. The highest BCUT2D eigenvalue weighted by Gasteiger charge is 2.18. The lowest BCUT2D eigenvalue weighted by Gasteiger charge is -2.18. The van der Waals surface area contributed by atoms with E-state index in [9.17, 15) is 4.79 Å². The smallest absolute Gasteiger partial charge is 0.261 e. The molecule has 128 valence electrons. The molecule has 0 bridgehead atoms. The van der Waals surface area contributed by atoms with E-state index in [0.717, 1.165) is 22.3 Å². The Bertz CT molecular complexity index is 867. The molecule has 3 heteroatoms. The molecular formula is C22H23NO2. The first-order valence-electron chi connectivity index (χ1n) is 8.65. The fourth-order valence-corrected chi connectivity index (χ4v) is 2.92. The molecule has 0 fully saturated rings. The van der Waals surface area contributed by atoms with Gasteiger partial charge in [0.05, 0.1) is 0 Å². The zero-order valence-electron chi connectivity index (χ0n) is 14.7. The normalized spacial score (nSPS) is 11.9. The predicted molar refractivity (Wildman–Crippen MR) is 102 cm³/mol. The third-order valence-electron chi connectivity index (χ3n) is 4.26. The van der Waals surface area contributed by atoms with Gasteiger partial charge >= 0.3 is 0 Å². The summed E-state index contributed by atoms with van der Waals surface area (Å²) < 4.78 is 5.87. The van der Waals surface area contributed by atoms with E-state index in [1.54, 1.807) is 0 Å². The summed E-state index contributed by atoms with van der Waals surface area (Å²) in [7, 11) is 0. The molecule has 0 radical (unpaired) electrons. The molecule has 0 heterocycles. The van der Waals surface area contributed by atoms with Gasteiger partial charge in [-0.25, -0.2) is 0 Å². The molecule has 3 aromatic rings. The number of carbonyl (C=O) groups is 1. The second-order valence-electron chi connectivity index (χ2n) is 6.19. The Labute approximate surface area is 148 Å². The number of amides is 1. The van der Waals surface area contributed by atoms with Crippen LogP contribution in [-0.4, -0.2) is 12.0 Å². The van der Waals surface area contributed by atoms with Gasteiger partial charge < -0.3 is 10.1 Å². The number of fused-ring (bicyclic) bond motifs is 1. The number of aryl methyl sites for hydroxylation is 1. The minimum atomic E-state index is -0.489. The third-order valence-corrected chi connectivity index (χ3v) is 4.26. The number of hydrogen-bond acceptors (Lipinski definition) is 2. The van der Waals surface area contributed by atoms with Crippen molar-refractivity contribution in [3.63, 3.8) is 0 Å². The fraction of sp³-hybridized carbons (Fsp3) is 0.227. The maximum Gasteiger partial charge on any atom is 0.261 e. The zero-order valence-corrected chi connectivity index (χ0v) is 14.7. The second kappa shape index (κ2) is 7.84. The summed E-state index contributed by atoms with van der Waals surface area (Å²) in [5, 5.41) is 5.36. The minimum absolute atomic E-state index is 0.0862. The number of rotatable bonds is 6. The lowest BCUT2D eigenvalue weighted by molar-refractivity contribution is -0.128. The van der Waals surface area contributed by atoms with Crippen molar-refractivity contribution in [3.8, 4) is 5.75 Å². The summed E-state index contributed by atoms with van der Waals surface area (Å²) in [6.07, 6.45) is 0.131. The average Bonchev–Trinajstić information content (AvgIpc) is 2.64. The molecular weight excluding hydrogens is 310 g/mol. The molecule has 1 unspecified atom stereocenters. The summed E-state index contributed by atoms with van der Waals surface area (Å²) in [5.41, 5.74) is 2.22. The van der Waals surface area contributed by atoms with E-state index in [0.29, 0.717) is 13.0 Å². The monoisotopic (exact) mass is 333 g/mol. The SMILES string of the molecule is CCC(Oc1cccc(C)c1)C(=O)NCc1cccc2ccccc12. The van der Waals surface area contributed by atoms with Crippen LogP contribution in [0.25, 0.3) is 10.8 Å². The number of carbonyl (C=O) groups excluding carboxylic acids is 1.